The van der Waals surface area contributed by atoms with Crippen molar-refractivity contribution < 1.29 is 13.2 Å². The lowest BCUT2D eigenvalue weighted by Crippen LogP contribution is -2.22. The number of benzene rings is 1. The lowest BCUT2D eigenvalue weighted by atomic mass is 10.3. The number of carbonyl (C=O) groups excluding carboxylic acids is 1. The summed E-state index contributed by atoms with van der Waals surface area (Å²) >= 11 is 0. The van der Waals surface area contributed by atoms with Crippen molar-refractivity contribution >= 4 is 15.7 Å². The van der Waals surface area contributed by atoms with Gasteiger partial charge in [0.15, 0.2) is 9.84 Å². The molecule has 0 atom stereocenters. The molecule has 0 unspecified atom stereocenters. The van der Waals surface area contributed by atoms with Crippen LogP contribution in [0, 0.1) is 0 Å². The lowest BCUT2D eigenvalue weighted by molar-refractivity contribution is -0.116. The molecule has 96 valence electrons. The number of carbonyl (C=O) groups is 1. The van der Waals surface area contributed by atoms with E-state index in [1.54, 1.807) is 25.1 Å². The molecule has 5 heteroatoms. The number of hydrogen-bond donors (Lipinski definition) is 1. The molecular formula is C13H15NO3S. The molecule has 1 amide bonds. The van der Waals surface area contributed by atoms with Crippen molar-refractivity contribution in [2.24, 2.45) is 0 Å². The molecule has 1 aromatic carbocycles. The summed E-state index contributed by atoms with van der Waals surface area (Å²) in [5, 5.41) is 3.42. The van der Waals surface area contributed by atoms with Crippen LogP contribution in [0.15, 0.2) is 58.9 Å². The Balaban J connectivity index is 2.72. The molecule has 4 nitrogen and oxygen atoms in total. The third kappa shape index (κ3) is 4.55. The summed E-state index contributed by atoms with van der Waals surface area (Å²) in [5.41, 5.74) is 0.794. The van der Waals surface area contributed by atoms with Gasteiger partial charge in [-0.15, -0.1) is 0 Å². The highest BCUT2D eigenvalue weighted by Crippen LogP contribution is 2.10. The third-order valence-corrected chi connectivity index (χ3v) is 3.46. The largest absolute Gasteiger partial charge is 0.349 e. The summed E-state index contributed by atoms with van der Waals surface area (Å²) in [4.78, 5) is 11.5. The van der Waals surface area contributed by atoms with Gasteiger partial charge in [-0.2, -0.15) is 0 Å². The van der Waals surface area contributed by atoms with E-state index < -0.39 is 15.7 Å². The standard InChI is InChI=1S/C13H15NO3S/c1-11(2)10-14-13(15)8-9-18(16,17)12-6-4-3-5-7-12/h3-9H,1,10H2,2H3,(H,14,15)/b9-8+. The molecule has 0 heterocycles. The average molecular weight is 265 g/mol. The Hall–Kier alpha value is -1.88. The van der Waals surface area contributed by atoms with Crippen LogP contribution in [0.2, 0.25) is 0 Å². The predicted molar refractivity (Wildman–Crippen MR) is 70.6 cm³/mol. The minimum atomic E-state index is -3.56. The van der Waals surface area contributed by atoms with E-state index >= 15 is 0 Å². The van der Waals surface area contributed by atoms with E-state index in [1.807, 2.05) is 0 Å². The fraction of sp³-hybridized carbons (Fsp3) is 0.154. The average Bonchev–Trinajstić information content (AvgIpc) is 2.35. The summed E-state index contributed by atoms with van der Waals surface area (Å²) in [6.07, 6.45) is 1.01. The minimum Gasteiger partial charge on any atom is -0.349 e. The maximum Gasteiger partial charge on any atom is 0.244 e. The highest BCUT2D eigenvalue weighted by Gasteiger charge is 2.09. The van der Waals surface area contributed by atoms with Crippen LogP contribution in [0.5, 0.6) is 0 Å². The maximum absolute atomic E-state index is 11.8. The highest BCUT2D eigenvalue weighted by molar-refractivity contribution is 7.94. The SMILES string of the molecule is C=C(C)CNC(=O)/C=C/S(=O)(=O)c1ccccc1. The van der Waals surface area contributed by atoms with Crippen LogP contribution in [0.1, 0.15) is 6.92 Å². The summed E-state index contributed by atoms with van der Waals surface area (Å²) in [5.74, 6) is -0.461. The van der Waals surface area contributed by atoms with Crippen LogP contribution in [0.4, 0.5) is 0 Å². The van der Waals surface area contributed by atoms with Crippen LogP contribution in [-0.4, -0.2) is 20.9 Å². The quantitative estimate of drug-likeness (QED) is 0.650. The molecule has 0 saturated carbocycles. The molecule has 0 radical (unpaired) electrons. The Labute approximate surface area is 107 Å². The molecule has 0 bridgehead atoms. The molecule has 1 N–H and O–H groups in total. The molecule has 0 aliphatic rings. The molecule has 1 aromatic rings. The first kappa shape index (κ1) is 14.2. The Morgan fingerprint density at radius 3 is 2.50 bits per heavy atom. The minimum absolute atomic E-state index is 0.161. The molecule has 0 fully saturated rings. The summed E-state index contributed by atoms with van der Waals surface area (Å²) in [6.45, 7) is 5.72. The molecule has 0 saturated heterocycles. The van der Waals surface area contributed by atoms with Crippen molar-refractivity contribution in [3.05, 3.63) is 54.0 Å². The Morgan fingerprint density at radius 1 is 1.33 bits per heavy atom. The maximum atomic E-state index is 11.8. The molecular weight excluding hydrogens is 250 g/mol. The van der Waals surface area contributed by atoms with Gasteiger partial charge in [0.1, 0.15) is 0 Å². The van der Waals surface area contributed by atoms with Crippen molar-refractivity contribution in [2.75, 3.05) is 6.54 Å². The Morgan fingerprint density at radius 2 is 1.94 bits per heavy atom. The van der Waals surface area contributed by atoms with E-state index in [-0.39, 0.29) is 4.90 Å². The molecule has 18 heavy (non-hydrogen) atoms. The second-order valence-electron chi connectivity index (χ2n) is 3.84. The topological polar surface area (TPSA) is 63.2 Å². The van der Waals surface area contributed by atoms with E-state index in [1.165, 1.54) is 12.1 Å². The van der Waals surface area contributed by atoms with Gasteiger partial charge in [-0.1, -0.05) is 30.4 Å². The first-order valence-corrected chi connectivity index (χ1v) is 6.87. The van der Waals surface area contributed by atoms with Gasteiger partial charge in [0.2, 0.25) is 5.91 Å². The normalized spacial score (nSPS) is 11.4. The zero-order valence-electron chi connectivity index (χ0n) is 10.1. The van der Waals surface area contributed by atoms with E-state index in [4.69, 9.17) is 0 Å². The van der Waals surface area contributed by atoms with Crippen LogP contribution in [-0.2, 0) is 14.6 Å². The van der Waals surface area contributed by atoms with Crippen LogP contribution in [0.25, 0.3) is 0 Å². The molecule has 0 aliphatic heterocycles. The van der Waals surface area contributed by atoms with Crippen LogP contribution in [0.3, 0.4) is 0 Å². The number of sulfone groups is 1. The van der Waals surface area contributed by atoms with Crippen molar-refractivity contribution in [3.8, 4) is 0 Å². The van der Waals surface area contributed by atoms with Crippen molar-refractivity contribution in [2.45, 2.75) is 11.8 Å². The summed E-state index contributed by atoms with van der Waals surface area (Å²) in [6, 6.07) is 7.93. The van der Waals surface area contributed by atoms with Gasteiger partial charge in [0, 0.05) is 18.0 Å². The monoisotopic (exact) mass is 265 g/mol. The van der Waals surface area contributed by atoms with Gasteiger partial charge >= 0.3 is 0 Å². The van der Waals surface area contributed by atoms with Gasteiger partial charge in [-0.25, -0.2) is 8.42 Å². The molecule has 1 rings (SSSR count). The third-order valence-electron chi connectivity index (χ3n) is 2.03. The predicted octanol–water partition coefficient (Wildman–Crippen LogP) is 1.67. The van der Waals surface area contributed by atoms with Gasteiger partial charge in [0.05, 0.1) is 4.90 Å². The zero-order valence-corrected chi connectivity index (χ0v) is 10.9. The van der Waals surface area contributed by atoms with E-state index in [9.17, 15) is 13.2 Å². The molecule has 0 aromatic heterocycles. The lowest BCUT2D eigenvalue weighted by Gasteiger charge is -2.00. The highest BCUT2D eigenvalue weighted by atomic mass is 32.2. The van der Waals surface area contributed by atoms with Gasteiger partial charge in [-0.3, -0.25) is 4.79 Å². The van der Waals surface area contributed by atoms with Crippen molar-refractivity contribution in [3.63, 3.8) is 0 Å². The van der Waals surface area contributed by atoms with Crippen LogP contribution < -0.4 is 5.32 Å². The number of hydrogen-bond acceptors (Lipinski definition) is 3. The van der Waals surface area contributed by atoms with Crippen LogP contribution >= 0.6 is 0 Å². The van der Waals surface area contributed by atoms with Crippen molar-refractivity contribution in [1.82, 2.24) is 5.32 Å². The van der Waals surface area contributed by atoms with Gasteiger partial charge in [-0.05, 0) is 19.1 Å². The first-order valence-electron chi connectivity index (χ1n) is 5.32. The Kier molecular flexibility index (Phi) is 4.85. The van der Waals surface area contributed by atoms with E-state index in [0.717, 1.165) is 17.1 Å². The fourth-order valence-corrected chi connectivity index (χ4v) is 2.13. The number of amides is 1. The second-order valence-corrected chi connectivity index (χ2v) is 5.67. The summed E-state index contributed by atoms with van der Waals surface area (Å²) < 4.78 is 23.6. The van der Waals surface area contributed by atoms with E-state index in [0.29, 0.717) is 6.54 Å². The summed E-state index contributed by atoms with van der Waals surface area (Å²) in [7, 11) is -3.56. The first-order chi connectivity index (χ1) is 8.42. The number of rotatable bonds is 5. The van der Waals surface area contributed by atoms with Gasteiger partial charge < -0.3 is 5.32 Å². The van der Waals surface area contributed by atoms with E-state index in [2.05, 4.69) is 11.9 Å². The number of nitrogens with one attached hydrogen (secondary N) is 1. The smallest absolute Gasteiger partial charge is 0.244 e. The fourth-order valence-electron chi connectivity index (χ4n) is 1.14. The zero-order chi connectivity index (χ0) is 13.6. The second kappa shape index (κ2) is 6.16. The van der Waals surface area contributed by atoms with Gasteiger partial charge in [0.25, 0.3) is 0 Å². The molecule has 0 spiro atoms. The van der Waals surface area contributed by atoms with Crippen molar-refractivity contribution in [1.29, 1.82) is 0 Å². The Bertz CT molecular complexity index is 559. The molecule has 0 aliphatic carbocycles.